The number of rotatable bonds is 4. The third-order valence-electron chi connectivity index (χ3n) is 3.02. The molecule has 1 aliphatic rings. The molecule has 0 radical (unpaired) electrons. The molecule has 0 spiro atoms. The number of aromatic nitrogens is 1. The average Bonchev–Trinajstić information content (AvgIpc) is 2.40. The summed E-state index contributed by atoms with van der Waals surface area (Å²) in [7, 11) is -0.845. The van der Waals surface area contributed by atoms with Crippen molar-refractivity contribution in [1.29, 1.82) is 0 Å². The van der Waals surface area contributed by atoms with Gasteiger partial charge >= 0.3 is 0 Å². The van der Waals surface area contributed by atoms with Crippen molar-refractivity contribution < 1.29 is 8.95 Å². The molecule has 0 saturated carbocycles. The molecule has 1 aromatic heterocycles. The zero-order chi connectivity index (χ0) is 12.1. The summed E-state index contributed by atoms with van der Waals surface area (Å²) >= 11 is 0. The molecular formula is C12H18N2O2S. The minimum atomic E-state index is -0.845. The molecule has 1 unspecified atom stereocenters. The van der Waals surface area contributed by atoms with Crippen molar-refractivity contribution in [1.82, 2.24) is 4.98 Å². The Morgan fingerprint density at radius 2 is 2.24 bits per heavy atom. The van der Waals surface area contributed by atoms with E-state index >= 15 is 0 Å². The molecule has 1 fully saturated rings. The maximum absolute atomic E-state index is 12.2. The molecule has 4 nitrogen and oxygen atoms in total. The summed E-state index contributed by atoms with van der Waals surface area (Å²) in [6.45, 7) is 1.86. The molecular weight excluding hydrogens is 236 g/mol. The predicted molar refractivity (Wildman–Crippen MR) is 67.8 cm³/mol. The number of pyridine rings is 1. The topological polar surface area (TPSA) is 65.2 Å². The van der Waals surface area contributed by atoms with Crippen molar-refractivity contribution in [2.24, 2.45) is 5.73 Å². The first-order valence-corrected chi connectivity index (χ1v) is 7.27. The van der Waals surface area contributed by atoms with Crippen LogP contribution in [0.3, 0.4) is 0 Å². The zero-order valence-corrected chi connectivity index (χ0v) is 10.6. The van der Waals surface area contributed by atoms with Gasteiger partial charge in [0.2, 0.25) is 0 Å². The van der Waals surface area contributed by atoms with Crippen molar-refractivity contribution in [2.45, 2.75) is 30.4 Å². The van der Waals surface area contributed by atoms with Crippen LogP contribution in [0.5, 0.6) is 0 Å². The molecule has 0 amide bonds. The maximum atomic E-state index is 12.2. The molecule has 0 aliphatic carbocycles. The maximum Gasteiger partial charge on any atom is 0.0580 e. The highest BCUT2D eigenvalue weighted by Crippen LogP contribution is 2.17. The van der Waals surface area contributed by atoms with Gasteiger partial charge in [-0.3, -0.25) is 9.19 Å². The molecule has 94 valence electrons. The van der Waals surface area contributed by atoms with Gasteiger partial charge in [-0.2, -0.15) is 0 Å². The van der Waals surface area contributed by atoms with Gasteiger partial charge in [0.05, 0.1) is 11.4 Å². The highest BCUT2D eigenvalue weighted by molar-refractivity contribution is 7.84. The van der Waals surface area contributed by atoms with Crippen LogP contribution < -0.4 is 5.73 Å². The number of hydrogen-bond donors (Lipinski definition) is 1. The molecule has 5 heteroatoms. The van der Waals surface area contributed by atoms with Gasteiger partial charge in [-0.25, -0.2) is 0 Å². The summed E-state index contributed by atoms with van der Waals surface area (Å²) in [4.78, 5) is 4.21. The predicted octanol–water partition coefficient (Wildman–Crippen LogP) is 0.968. The van der Waals surface area contributed by atoms with Crippen LogP contribution in [0, 0.1) is 0 Å². The number of hydrogen-bond acceptors (Lipinski definition) is 4. The molecule has 1 saturated heterocycles. The summed E-state index contributed by atoms with van der Waals surface area (Å²) in [5.74, 6) is 0.561. The number of nitrogens with two attached hydrogens (primary N) is 1. The van der Waals surface area contributed by atoms with Crippen molar-refractivity contribution >= 4 is 10.8 Å². The van der Waals surface area contributed by atoms with Gasteiger partial charge in [-0.05, 0) is 24.5 Å². The fraction of sp³-hybridized carbons (Fsp3) is 0.583. The first kappa shape index (κ1) is 12.7. The van der Waals surface area contributed by atoms with Crippen LogP contribution in [0.2, 0.25) is 0 Å². The second kappa shape index (κ2) is 6.23. The highest BCUT2D eigenvalue weighted by Gasteiger charge is 2.21. The van der Waals surface area contributed by atoms with E-state index in [1.54, 1.807) is 6.20 Å². The standard InChI is InChI=1S/C12H18N2O2S/c13-8-12-10(2-1-5-14-12)9-17(15)11-3-6-16-7-4-11/h1-2,5,11H,3-4,6-9,13H2. The van der Waals surface area contributed by atoms with E-state index < -0.39 is 10.8 Å². The number of ether oxygens (including phenoxy) is 1. The van der Waals surface area contributed by atoms with Crippen LogP contribution in [-0.4, -0.2) is 27.7 Å². The van der Waals surface area contributed by atoms with Gasteiger partial charge in [0.15, 0.2) is 0 Å². The van der Waals surface area contributed by atoms with E-state index in [1.165, 1.54) is 0 Å². The van der Waals surface area contributed by atoms with Crippen molar-refractivity contribution in [3.8, 4) is 0 Å². The molecule has 0 aromatic carbocycles. The smallest absolute Gasteiger partial charge is 0.0580 e. The van der Waals surface area contributed by atoms with Crippen molar-refractivity contribution in [3.05, 3.63) is 29.6 Å². The SMILES string of the molecule is NCc1ncccc1CS(=O)C1CCOCC1. The lowest BCUT2D eigenvalue weighted by atomic mass is 10.2. The highest BCUT2D eigenvalue weighted by atomic mass is 32.2. The Morgan fingerprint density at radius 1 is 1.47 bits per heavy atom. The van der Waals surface area contributed by atoms with Crippen molar-refractivity contribution in [2.75, 3.05) is 13.2 Å². The molecule has 1 aromatic rings. The van der Waals surface area contributed by atoms with Crippen molar-refractivity contribution in [3.63, 3.8) is 0 Å². The quantitative estimate of drug-likeness (QED) is 0.869. The second-order valence-corrected chi connectivity index (χ2v) is 5.87. The van der Waals surface area contributed by atoms with Crippen LogP contribution in [0.1, 0.15) is 24.1 Å². The van der Waals surface area contributed by atoms with Gasteiger partial charge < -0.3 is 10.5 Å². The minimum Gasteiger partial charge on any atom is -0.381 e. The first-order valence-electron chi connectivity index (χ1n) is 5.89. The summed E-state index contributed by atoms with van der Waals surface area (Å²) in [5.41, 5.74) is 7.49. The molecule has 1 aliphatic heterocycles. The Morgan fingerprint density at radius 3 is 2.94 bits per heavy atom. The summed E-state index contributed by atoms with van der Waals surface area (Å²) in [6, 6.07) is 3.84. The third-order valence-corrected chi connectivity index (χ3v) is 4.83. The summed E-state index contributed by atoms with van der Waals surface area (Å²) < 4.78 is 17.5. The van der Waals surface area contributed by atoms with Crippen LogP contribution >= 0.6 is 0 Å². The van der Waals surface area contributed by atoms with E-state index in [-0.39, 0.29) is 5.25 Å². The van der Waals surface area contributed by atoms with E-state index in [4.69, 9.17) is 10.5 Å². The van der Waals surface area contributed by atoms with Gasteiger partial charge in [0, 0.05) is 42.0 Å². The molecule has 17 heavy (non-hydrogen) atoms. The monoisotopic (exact) mass is 254 g/mol. The number of nitrogens with zero attached hydrogens (tertiary/aromatic N) is 1. The van der Waals surface area contributed by atoms with Crippen LogP contribution in [-0.2, 0) is 27.8 Å². The molecule has 2 N–H and O–H groups in total. The van der Waals surface area contributed by atoms with Crippen LogP contribution in [0.15, 0.2) is 18.3 Å². The fourth-order valence-corrected chi connectivity index (χ4v) is 3.52. The molecule has 2 heterocycles. The lowest BCUT2D eigenvalue weighted by molar-refractivity contribution is 0.0992. The van der Waals surface area contributed by atoms with Gasteiger partial charge in [-0.1, -0.05) is 6.07 Å². The van der Waals surface area contributed by atoms with Gasteiger partial charge in [0.1, 0.15) is 0 Å². The van der Waals surface area contributed by atoms with E-state index in [1.807, 2.05) is 12.1 Å². The first-order chi connectivity index (χ1) is 8.31. The van der Waals surface area contributed by atoms with E-state index in [0.717, 1.165) is 37.3 Å². The lowest BCUT2D eigenvalue weighted by Crippen LogP contribution is -2.26. The Bertz CT molecular complexity index is 392. The average molecular weight is 254 g/mol. The largest absolute Gasteiger partial charge is 0.381 e. The van der Waals surface area contributed by atoms with Crippen LogP contribution in [0.25, 0.3) is 0 Å². The summed E-state index contributed by atoms with van der Waals surface area (Å²) in [6.07, 6.45) is 3.51. The Balaban J connectivity index is 2.01. The normalized spacial score (nSPS) is 19.1. The second-order valence-electron chi connectivity index (χ2n) is 4.15. The Hall–Kier alpha value is -0.780. The van der Waals surface area contributed by atoms with Gasteiger partial charge in [0.25, 0.3) is 0 Å². The van der Waals surface area contributed by atoms with E-state index in [2.05, 4.69) is 4.98 Å². The van der Waals surface area contributed by atoms with Crippen LogP contribution in [0.4, 0.5) is 0 Å². The third kappa shape index (κ3) is 3.34. The van der Waals surface area contributed by atoms with Gasteiger partial charge in [-0.15, -0.1) is 0 Å². The Labute approximate surface area is 104 Å². The molecule has 0 bridgehead atoms. The lowest BCUT2D eigenvalue weighted by Gasteiger charge is -2.21. The van der Waals surface area contributed by atoms with E-state index in [0.29, 0.717) is 12.3 Å². The molecule has 2 rings (SSSR count). The zero-order valence-electron chi connectivity index (χ0n) is 9.80. The Kier molecular flexibility index (Phi) is 4.65. The minimum absolute atomic E-state index is 0.259. The summed E-state index contributed by atoms with van der Waals surface area (Å²) in [5, 5.41) is 0.259. The van der Waals surface area contributed by atoms with E-state index in [9.17, 15) is 4.21 Å². The molecule has 1 atom stereocenters. The fourth-order valence-electron chi connectivity index (χ4n) is 2.00.